The van der Waals surface area contributed by atoms with Crippen molar-refractivity contribution in [2.75, 3.05) is 0 Å². The van der Waals surface area contributed by atoms with Gasteiger partial charge in [-0.1, -0.05) is 6.07 Å². The van der Waals surface area contributed by atoms with Gasteiger partial charge < -0.3 is 0 Å². The summed E-state index contributed by atoms with van der Waals surface area (Å²) in [5.74, 6) is 0.822. The fourth-order valence-corrected chi connectivity index (χ4v) is 0.858. The van der Waals surface area contributed by atoms with Crippen LogP contribution in [0, 0.1) is 6.92 Å². The van der Waals surface area contributed by atoms with Gasteiger partial charge in [-0.25, -0.2) is 14.5 Å². The van der Waals surface area contributed by atoms with E-state index < -0.39 is 0 Å². The monoisotopic (exact) mass is 188 g/mol. The lowest BCUT2D eigenvalue weighted by Crippen LogP contribution is -2.25. The van der Waals surface area contributed by atoms with Crippen molar-refractivity contribution >= 4 is 0 Å². The second-order valence-corrected chi connectivity index (χ2v) is 2.84. The van der Waals surface area contributed by atoms with Gasteiger partial charge in [0.25, 0.3) is 0 Å². The molecule has 0 aliphatic carbocycles. The van der Waals surface area contributed by atoms with Gasteiger partial charge in [0.2, 0.25) is 0 Å². The molecular weight excluding hydrogens is 174 g/mol. The van der Waals surface area contributed by atoms with Crippen LogP contribution in [0.1, 0.15) is 5.82 Å². The quantitative estimate of drug-likeness (QED) is 0.583. The minimum atomic E-state index is 0.822. The van der Waals surface area contributed by atoms with Crippen LogP contribution < -0.4 is 4.57 Å². The Hall–Kier alpha value is -1.77. The van der Waals surface area contributed by atoms with Crippen LogP contribution in [0.3, 0.4) is 0 Å². The van der Waals surface area contributed by atoms with Gasteiger partial charge in [-0.05, 0) is 13.0 Å². The first-order chi connectivity index (χ1) is 6.79. The largest absolute Gasteiger partial charge is 0.242 e. The van der Waals surface area contributed by atoms with Crippen LogP contribution in [0.4, 0.5) is 0 Å². The first-order valence-corrected chi connectivity index (χ1v) is 4.43. The summed E-state index contributed by atoms with van der Waals surface area (Å²) in [5, 5.41) is 0. The van der Waals surface area contributed by atoms with Gasteiger partial charge >= 0.3 is 0 Å². The summed E-state index contributed by atoms with van der Waals surface area (Å²) in [6.07, 6.45) is 7.45. The second kappa shape index (κ2) is 5.80. The first kappa shape index (κ1) is 10.3. The van der Waals surface area contributed by atoms with E-state index in [9.17, 15) is 0 Å². The van der Waals surface area contributed by atoms with Crippen LogP contribution >= 0.6 is 0 Å². The summed E-state index contributed by atoms with van der Waals surface area (Å²) in [5.41, 5.74) is 0. The lowest BCUT2D eigenvalue weighted by Gasteiger charge is -1.81. The third kappa shape index (κ3) is 4.30. The Morgan fingerprint density at radius 1 is 0.929 bits per heavy atom. The Bertz CT molecular complexity index is 308. The van der Waals surface area contributed by atoms with Crippen LogP contribution in [-0.4, -0.2) is 9.97 Å². The zero-order valence-corrected chi connectivity index (χ0v) is 8.46. The third-order valence-electron chi connectivity index (χ3n) is 1.56. The topological polar surface area (TPSA) is 29.7 Å². The second-order valence-electron chi connectivity index (χ2n) is 2.84. The van der Waals surface area contributed by atoms with Crippen LogP contribution in [0.25, 0.3) is 0 Å². The molecule has 3 heteroatoms. The number of pyridine rings is 1. The highest BCUT2D eigenvalue weighted by molar-refractivity contribution is 4.84. The van der Waals surface area contributed by atoms with Gasteiger partial charge in [-0.2, -0.15) is 0 Å². The number of hydrogen-bond acceptors (Lipinski definition) is 2. The number of hydrogen-bond donors (Lipinski definition) is 0. The summed E-state index contributed by atoms with van der Waals surface area (Å²) >= 11 is 0. The van der Waals surface area contributed by atoms with Gasteiger partial charge in [0, 0.05) is 24.5 Å². The van der Waals surface area contributed by atoms with Gasteiger partial charge in [0.1, 0.15) is 12.9 Å². The lowest BCUT2D eigenvalue weighted by atomic mass is 10.5. The predicted octanol–water partition coefficient (Wildman–Crippen LogP) is 1.30. The number of rotatable bonds is 0. The Labute approximate surface area is 84.1 Å². The van der Waals surface area contributed by atoms with E-state index in [1.54, 1.807) is 18.5 Å². The highest BCUT2D eigenvalue weighted by Crippen LogP contribution is 1.78. The molecule has 0 saturated heterocycles. The van der Waals surface area contributed by atoms with E-state index in [2.05, 4.69) is 9.97 Å². The zero-order valence-electron chi connectivity index (χ0n) is 8.46. The average Bonchev–Trinajstić information content (AvgIpc) is 2.21. The van der Waals surface area contributed by atoms with Crippen LogP contribution in [0.2, 0.25) is 0 Å². The average molecular weight is 188 g/mol. The van der Waals surface area contributed by atoms with E-state index in [-0.39, 0.29) is 0 Å². The number of aryl methyl sites for hydroxylation is 2. The third-order valence-corrected chi connectivity index (χ3v) is 1.56. The minimum Gasteiger partial charge on any atom is -0.242 e. The normalized spacial score (nSPS) is 8.71. The van der Waals surface area contributed by atoms with Crippen molar-refractivity contribution < 1.29 is 4.57 Å². The number of aromatic nitrogens is 3. The fraction of sp³-hybridized carbons (Fsp3) is 0.182. The molecule has 2 heterocycles. The molecule has 0 amide bonds. The van der Waals surface area contributed by atoms with Crippen molar-refractivity contribution in [3.05, 3.63) is 54.9 Å². The van der Waals surface area contributed by atoms with Gasteiger partial charge in [0.15, 0.2) is 12.4 Å². The summed E-state index contributed by atoms with van der Waals surface area (Å²) in [6, 6.07) is 7.80. The summed E-state index contributed by atoms with van der Waals surface area (Å²) in [7, 11) is 2.00. The Balaban J connectivity index is 0.000000140. The zero-order chi connectivity index (χ0) is 10.2. The van der Waals surface area contributed by atoms with Crippen molar-refractivity contribution in [1.82, 2.24) is 9.97 Å². The van der Waals surface area contributed by atoms with Gasteiger partial charge in [-0.3, -0.25) is 0 Å². The molecule has 3 nitrogen and oxygen atoms in total. The molecule has 14 heavy (non-hydrogen) atoms. The molecule has 0 spiro atoms. The van der Waals surface area contributed by atoms with Crippen molar-refractivity contribution in [1.29, 1.82) is 0 Å². The van der Waals surface area contributed by atoms with Crippen molar-refractivity contribution in [3.63, 3.8) is 0 Å². The summed E-state index contributed by atoms with van der Waals surface area (Å²) in [4.78, 5) is 7.74. The summed E-state index contributed by atoms with van der Waals surface area (Å²) in [6.45, 7) is 1.86. The molecule has 72 valence electrons. The molecular formula is C11H14N3+. The Morgan fingerprint density at radius 3 is 1.79 bits per heavy atom. The molecule has 0 fully saturated rings. The van der Waals surface area contributed by atoms with Crippen molar-refractivity contribution in [2.45, 2.75) is 6.92 Å². The lowest BCUT2D eigenvalue weighted by molar-refractivity contribution is -0.671. The highest BCUT2D eigenvalue weighted by Gasteiger charge is 1.78. The van der Waals surface area contributed by atoms with E-state index in [1.165, 1.54) is 0 Å². The predicted molar refractivity (Wildman–Crippen MR) is 54.4 cm³/mol. The van der Waals surface area contributed by atoms with Crippen molar-refractivity contribution in [3.8, 4) is 0 Å². The molecule has 0 bridgehead atoms. The van der Waals surface area contributed by atoms with Crippen molar-refractivity contribution in [2.24, 2.45) is 7.05 Å². The molecule has 2 rings (SSSR count). The molecule has 0 saturated carbocycles. The maximum atomic E-state index is 3.87. The summed E-state index contributed by atoms with van der Waals surface area (Å²) < 4.78 is 2.00. The van der Waals surface area contributed by atoms with Gasteiger partial charge in [0.05, 0.1) is 0 Å². The molecule has 0 aromatic carbocycles. The molecule has 2 aromatic rings. The first-order valence-electron chi connectivity index (χ1n) is 4.43. The van der Waals surface area contributed by atoms with Crippen LogP contribution in [0.15, 0.2) is 49.1 Å². The smallest absolute Gasteiger partial charge is 0.168 e. The molecule has 0 aliphatic rings. The number of nitrogens with zero attached hydrogens (tertiary/aromatic N) is 3. The SMILES string of the molecule is C[n+]1ccccc1.Cc1ncccn1. The fourth-order valence-electron chi connectivity index (χ4n) is 0.858. The van der Waals surface area contributed by atoms with Gasteiger partial charge in [-0.15, -0.1) is 0 Å². The van der Waals surface area contributed by atoms with Crippen LogP contribution in [-0.2, 0) is 7.05 Å². The molecule has 0 atom stereocenters. The van der Waals surface area contributed by atoms with E-state index in [1.807, 2.05) is 49.1 Å². The maximum Gasteiger partial charge on any atom is 0.168 e. The van der Waals surface area contributed by atoms with E-state index in [0.717, 1.165) is 5.82 Å². The standard InChI is InChI=1S/C6H8N.C5H6N2/c1-7-5-3-2-4-6-7;1-5-6-3-2-4-7-5/h2-6H,1H3;2-4H,1H3/q+1;. The maximum absolute atomic E-state index is 3.87. The highest BCUT2D eigenvalue weighted by atomic mass is 14.9. The van der Waals surface area contributed by atoms with E-state index >= 15 is 0 Å². The molecule has 0 aliphatic heterocycles. The Kier molecular flexibility index (Phi) is 4.27. The molecule has 0 radical (unpaired) electrons. The molecule has 0 N–H and O–H groups in total. The van der Waals surface area contributed by atoms with E-state index in [0.29, 0.717) is 0 Å². The van der Waals surface area contributed by atoms with E-state index in [4.69, 9.17) is 0 Å². The minimum absolute atomic E-state index is 0.822. The Morgan fingerprint density at radius 2 is 1.50 bits per heavy atom. The molecule has 0 unspecified atom stereocenters. The molecule has 2 aromatic heterocycles. The van der Waals surface area contributed by atoms with Crippen LogP contribution in [0.5, 0.6) is 0 Å².